The Morgan fingerprint density at radius 2 is 1.48 bits per heavy atom. The number of rotatable bonds is 24. The minimum absolute atomic E-state index is 0.0537. The van der Waals surface area contributed by atoms with E-state index < -0.39 is 101 Å². The molecule has 24 heteroatoms. The number of ether oxygens (including phenoxy) is 3. The standard InChI is InChI=1S/C53H74FN9O14/c1-11-61-28-36(50(71)72)46(67)35-25-37(54)41(26-40(35)61)62-21-23-63(24-22-62)52(74)76-30-33-15-17-34(18-16-33)56-48(69)39(27-55-51(73)77-53(6,7)8)58-49(70)45(32(4)5)59-47(68)38(19-20-44(66)75-29-31(2)3)57-42(64)13-12-14-43(65)60(9)10/h15-18,25-26,28,31-32,38-39,45H,11-14,19-24,27,29-30H2,1-10H3,(H,55,73)(H,56,69)(H,57,64)(H,58,70)(H,59,68)(H,71,72)/t38-,39-,45-/m0/s1. The summed E-state index contributed by atoms with van der Waals surface area (Å²) in [4.78, 5) is 134. The van der Waals surface area contributed by atoms with Gasteiger partial charge >= 0.3 is 24.1 Å². The number of halogens is 1. The van der Waals surface area contributed by atoms with Crippen molar-refractivity contribution in [3.63, 3.8) is 0 Å². The fourth-order valence-corrected chi connectivity index (χ4v) is 7.85. The van der Waals surface area contributed by atoms with Crippen LogP contribution in [0.4, 0.5) is 25.4 Å². The predicted molar refractivity (Wildman–Crippen MR) is 282 cm³/mol. The monoisotopic (exact) mass is 1080 g/mol. The average molecular weight is 1080 g/mol. The molecular formula is C53H74FN9O14. The third kappa shape index (κ3) is 19.1. The van der Waals surface area contributed by atoms with Crippen LogP contribution in [-0.2, 0) is 56.1 Å². The number of hydrogen-bond acceptors (Lipinski definition) is 14. The summed E-state index contributed by atoms with van der Waals surface area (Å²) in [5, 5.41) is 22.5. The van der Waals surface area contributed by atoms with Crippen LogP contribution < -0.4 is 36.9 Å². The number of hydrogen-bond donors (Lipinski definition) is 6. The van der Waals surface area contributed by atoms with Gasteiger partial charge in [0.2, 0.25) is 35.0 Å². The van der Waals surface area contributed by atoms with E-state index in [2.05, 4.69) is 26.6 Å². The number of carbonyl (C=O) groups excluding carboxylic acids is 8. The summed E-state index contributed by atoms with van der Waals surface area (Å²) >= 11 is 0. The summed E-state index contributed by atoms with van der Waals surface area (Å²) in [5.41, 5.74) is -0.750. The lowest BCUT2D eigenvalue weighted by molar-refractivity contribution is -0.145. The fraction of sp³-hybridized carbons (Fsp3) is 0.547. The average Bonchev–Trinajstić information content (AvgIpc) is 3.36. The number of nitrogens with one attached hydrogen (secondary N) is 5. The van der Waals surface area contributed by atoms with E-state index in [9.17, 15) is 53.1 Å². The van der Waals surface area contributed by atoms with Gasteiger partial charge in [0.25, 0.3) is 0 Å². The summed E-state index contributed by atoms with van der Waals surface area (Å²) in [7, 11) is 3.18. The molecule has 6 N–H and O–H groups in total. The number of carbonyl (C=O) groups is 9. The van der Waals surface area contributed by atoms with Crippen molar-refractivity contribution in [1.29, 1.82) is 0 Å². The number of aryl methyl sites for hydroxylation is 1. The van der Waals surface area contributed by atoms with Gasteiger partial charge in [0.1, 0.15) is 41.7 Å². The minimum atomic E-state index is -1.44. The first-order valence-corrected chi connectivity index (χ1v) is 25.6. The second-order valence-corrected chi connectivity index (χ2v) is 20.6. The highest BCUT2D eigenvalue weighted by atomic mass is 19.1. The number of nitrogens with zero attached hydrogens (tertiary/aromatic N) is 4. The summed E-state index contributed by atoms with van der Waals surface area (Å²) in [5.74, 6) is -6.37. The van der Waals surface area contributed by atoms with Crippen molar-refractivity contribution in [3.05, 3.63) is 69.8 Å². The normalized spacial score (nSPS) is 13.7. The number of esters is 1. The van der Waals surface area contributed by atoms with Crippen molar-refractivity contribution >= 4 is 75.9 Å². The molecule has 3 atom stereocenters. The van der Waals surface area contributed by atoms with Crippen LogP contribution >= 0.6 is 0 Å². The van der Waals surface area contributed by atoms with Gasteiger partial charge in [-0.05, 0) is 82.2 Å². The number of aromatic nitrogens is 1. The number of alkyl carbamates (subject to hydrolysis) is 1. The molecule has 422 valence electrons. The zero-order chi connectivity index (χ0) is 57.3. The summed E-state index contributed by atoms with van der Waals surface area (Å²) < 4.78 is 33.2. The number of carboxylic acid groups (broad SMARTS) is 1. The van der Waals surface area contributed by atoms with Crippen molar-refractivity contribution in [3.8, 4) is 0 Å². The molecule has 7 amide bonds. The van der Waals surface area contributed by atoms with Gasteiger partial charge in [-0.15, -0.1) is 0 Å². The maximum absolute atomic E-state index is 15.4. The van der Waals surface area contributed by atoms with E-state index in [1.165, 1.54) is 34.2 Å². The lowest BCUT2D eigenvalue weighted by Gasteiger charge is -2.35. The zero-order valence-electron chi connectivity index (χ0n) is 45.5. The molecule has 1 aliphatic heterocycles. The number of pyridine rings is 1. The van der Waals surface area contributed by atoms with Crippen LogP contribution in [0.15, 0.2) is 47.4 Å². The van der Waals surface area contributed by atoms with Gasteiger partial charge in [0, 0.05) is 83.4 Å². The topological polar surface area (TPSA) is 293 Å². The Morgan fingerprint density at radius 1 is 0.818 bits per heavy atom. The Kier molecular flexibility index (Phi) is 22.8. The van der Waals surface area contributed by atoms with Gasteiger partial charge in [-0.3, -0.25) is 33.6 Å². The molecule has 0 saturated carbocycles. The van der Waals surface area contributed by atoms with Crippen LogP contribution in [0, 0.1) is 17.7 Å². The molecule has 0 bridgehead atoms. The number of benzene rings is 2. The largest absolute Gasteiger partial charge is 0.477 e. The number of anilines is 2. The molecule has 0 aliphatic carbocycles. The van der Waals surface area contributed by atoms with E-state index >= 15 is 4.39 Å². The van der Waals surface area contributed by atoms with Crippen molar-refractivity contribution < 1.29 is 66.9 Å². The highest BCUT2D eigenvalue weighted by Crippen LogP contribution is 2.27. The Morgan fingerprint density at radius 3 is 2.06 bits per heavy atom. The maximum atomic E-state index is 15.4. The van der Waals surface area contributed by atoms with Gasteiger partial charge in [0.15, 0.2) is 0 Å². The zero-order valence-corrected chi connectivity index (χ0v) is 45.5. The molecule has 77 heavy (non-hydrogen) atoms. The number of piperazine rings is 1. The first-order valence-electron chi connectivity index (χ1n) is 25.6. The van der Waals surface area contributed by atoms with Gasteiger partial charge in [-0.25, -0.2) is 18.8 Å². The van der Waals surface area contributed by atoms with Gasteiger partial charge in [0.05, 0.1) is 24.4 Å². The van der Waals surface area contributed by atoms with E-state index in [-0.39, 0.29) is 100 Å². The molecular weight excluding hydrogens is 1010 g/mol. The lowest BCUT2D eigenvalue weighted by Crippen LogP contribution is -2.59. The van der Waals surface area contributed by atoms with Gasteiger partial charge < -0.3 is 65.2 Å². The van der Waals surface area contributed by atoms with Crippen molar-refractivity contribution in [2.45, 2.75) is 124 Å². The van der Waals surface area contributed by atoms with E-state index in [1.807, 2.05) is 13.8 Å². The number of carboxylic acids is 1. The molecule has 23 nitrogen and oxygen atoms in total. The van der Waals surface area contributed by atoms with Crippen molar-refractivity contribution in [2.75, 3.05) is 63.6 Å². The highest BCUT2D eigenvalue weighted by molar-refractivity contribution is 5.99. The second-order valence-electron chi connectivity index (χ2n) is 20.6. The second kappa shape index (κ2) is 28.4. The quantitative estimate of drug-likeness (QED) is 0.0543. The van der Waals surface area contributed by atoms with Crippen LogP contribution in [0.2, 0.25) is 0 Å². The molecule has 1 fully saturated rings. The molecule has 1 saturated heterocycles. The summed E-state index contributed by atoms with van der Waals surface area (Å²) in [6, 6.07) is 4.79. The summed E-state index contributed by atoms with van der Waals surface area (Å²) in [6.45, 7) is 14.4. The summed E-state index contributed by atoms with van der Waals surface area (Å²) in [6.07, 6.45) is -0.488. The Hall–Kier alpha value is -7.79. The van der Waals surface area contributed by atoms with E-state index in [4.69, 9.17) is 14.2 Å². The number of amides is 7. The highest BCUT2D eigenvalue weighted by Gasteiger charge is 2.33. The third-order valence-corrected chi connectivity index (χ3v) is 12.1. The smallest absolute Gasteiger partial charge is 0.410 e. The Balaban J connectivity index is 1.40. The van der Waals surface area contributed by atoms with E-state index in [1.54, 1.807) is 77.2 Å². The molecule has 3 aromatic rings. The van der Waals surface area contributed by atoms with Crippen molar-refractivity contribution in [2.24, 2.45) is 11.8 Å². The molecule has 0 unspecified atom stereocenters. The van der Waals surface area contributed by atoms with Crippen LogP contribution in [0.3, 0.4) is 0 Å². The molecule has 4 rings (SSSR count). The third-order valence-electron chi connectivity index (χ3n) is 12.1. The van der Waals surface area contributed by atoms with Crippen LogP contribution in [-0.4, -0.2) is 150 Å². The fourth-order valence-electron chi connectivity index (χ4n) is 7.85. The lowest BCUT2D eigenvalue weighted by atomic mass is 10.0. The minimum Gasteiger partial charge on any atom is -0.477 e. The molecule has 1 aliphatic rings. The molecule has 0 spiro atoms. The van der Waals surface area contributed by atoms with Crippen molar-refractivity contribution in [1.82, 2.24) is 35.6 Å². The van der Waals surface area contributed by atoms with E-state index in [0.717, 1.165) is 6.07 Å². The number of aromatic carboxylic acids is 1. The van der Waals surface area contributed by atoms with Gasteiger partial charge in [-0.2, -0.15) is 0 Å². The van der Waals surface area contributed by atoms with Crippen LogP contribution in [0.25, 0.3) is 10.9 Å². The maximum Gasteiger partial charge on any atom is 0.410 e. The molecule has 0 radical (unpaired) electrons. The van der Waals surface area contributed by atoms with Crippen LogP contribution in [0.1, 0.15) is 103 Å². The Labute approximate surface area is 446 Å². The molecule has 1 aromatic heterocycles. The molecule has 2 aromatic carbocycles. The molecule has 2 heterocycles. The predicted octanol–water partition coefficient (Wildman–Crippen LogP) is 4.13. The van der Waals surface area contributed by atoms with E-state index in [0.29, 0.717) is 17.6 Å². The number of fused-ring (bicyclic) bond motifs is 1. The van der Waals surface area contributed by atoms with Crippen LogP contribution in [0.5, 0.6) is 0 Å². The first-order chi connectivity index (χ1) is 36.2. The van der Waals surface area contributed by atoms with Gasteiger partial charge in [-0.1, -0.05) is 39.8 Å². The SMILES string of the molecule is CCn1cc(C(=O)O)c(=O)c2cc(F)c(N3CCN(C(=O)OCc4ccc(NC(=O)[C@H](CNC(=O)OC(C)(C)C)NC(=O)[C@@H](NC(=O)[C@H](CCC(=O)OCC(C)C)NC(=O)CCCC(=O)N(C)C)C(C)C)cc4)CC3)cc21. The first kappa shape index (κ1) is 61.8. The Bertz CT molecular complexity index is 2680.